The van der Waals surface area contributed by atoms with Gasteiger partial charge in [-0.1, -0.05) is 13.0 Å². The van der Waals surface area contributed by atoms with Gasteiger partial charge in [-0.15, -0.1) is 0 Å². The van der Waals surface area contributed by atoms with E-state index in [0.717, 1.165) is 19.5 Å². The van der Waals surface area contributed by atoms with Crippen LogP contribution in [-0.4, -0.2) is 13.1 Å². The molecule has 0 aromatic heterocycles. The summed E-state index contributed by atoms with van der Waals surface area (Å²) in [7, 11) is 0. The van der Waals surface area contributed by atoms with Crippen molar-refractivity contribution >= 4 is 0 Å². The van der Waals surface area contributed by atoms with E-state index < -0.39 is 0 Å². The first-order chi connectivity index (χ1) is 8.86. The maximum atomic E-state index is 3.59. The van der Waals surface area contributed by atoms with Gasteiger partial charge in [-0.05, 0) is 48.5 Å². The summed E-state index contributed by atoms with van der Waals surface area (Å²) in [6.07, 6.45) is 9.64. The van der Waals surface area contributed by atoms with E-state index in [1.807, 2.05) is 0 Å². The molecule has 0 spiro atoms. The Morgan fingerprint density at radius 1 is 1.33 bits per heavy atom. The van der Waals surface area contributed by atoms with Crippen molar-refractivity contribution in [3.63, 3.8) is 0 Å². The zero-order valence-electron chi connectivity index (χ0n) is 11.0. The van der Waals surface area contributed by atoms with Crippen LogP contribution in [0, 0.1) is 5.92 Å². The minimum atomic E-state index is 0.716. The third-order valence-corrected chi connectivity index (χ3v) is 4.73. The second kappa shape index (κ2) is 3.78. The molecule has 2 aliphatic heterocycles. The molecule has 0 saturated carbocycles. The number of fused-ring (bicyclic) bond motifs is 1. The van der Waals surface area contributed by atoms with Crippen LogP contribution >= 0.6 is 0 Å². The minimum absolute atomic E-state index is 0.716. The molecule has 0 fully saturated rings. The number of nitrogens with one attached hydrogen (secondary N) is 2. The minimum Gasteiger partial charge on any atom is -0.388 e. The zero-order chi connectivity index (χ0) is 12.1. The summed E-state index contributed by atoms with van der Waals surface area (Å²) in [6, 6.07) is 0. The van der Waals surface area contributed by atoms with Gasteiger partial charge in [0.05, 0.1) is 0 Å². The molecule has 4 rings (SSSR count). The van der Waals surface area contributed by atoms with Crippen molar-refractivity contribution in [2.24, 2.45) is 5.92 Å². The molecule has 0 saturated heterocycles. The summed E-state index contributed by atoms with van der Waals surface area (Å²) in [5, 5.41) is 7.17. The molecular formula is C16H20N2. The number of hydrogen-bond donors (Lipinski definition) is 2. The summed E-state index contributed by atoms with van der Waals surface area (Å²) in [6.45, 7) is 4.45. The second-order valence-electron chi connectivity index (χ2n) is 5.73. The Labute approximate surface area is 109 Å². The zero-order valence-corrected chi connectivity index (χ0v) is 11.0. The van der Waals surface area contributed by atoms with Gasteiger partial charge in [0.1, 0.15) is 0 Å². The molecular weight excluding hydrogens is 220 g/mol. The largest absolute Gasteiger partial charge is 0.388 e. The van der Waals surface area contributed by atoms with E-state index in [-0.39, 0.29) is 0 Å². The molecule has 94 valence electrons. The highest BCUT2D eigenvalue weighted by Crippen LogP contribution is 2.45. The Morgan fingerprint density at radius 3 is 3.17 bits per heavy atom. The van der Waals surface area contributed by atoms with Gasteiger partial charge >= 0.3 is 0 Å². The number of allylic oxidation sites excluding steroid dienone is 4. The maximum Gasteiger partial charge on any atom is 0.0379 e. The average Bonchev–Trinajstić information content (AvgIpc) is 2.83. The smallest absolute Gasteiger partial charge is 0.0379 e. The molecule has 2 heterocycles. The molecule has 0 radical (unpaired) electrons. The van der Waals surface area contributed by atoms with Crippen molar-refractivity contribution in [2.45, 2.75) is 32.6 Å². The molecule has 0 bridgehead atoms. The van der Waals surface area contributed by atoms with Crippen LogP contribution in [0.5, 0.6) is 0 Å². The highest BCUT2D eigenvalue weighted by Gasteiger charge is 2.35. The number of rotatable bonds is 1. The predicted octanol–water partition coefficient (Wildman–Crippen LogP) is 2.78. The van der Waals surface area contributed by atoms with Crippen LogP contribution in [0.15, 0.2) is 45.8 Å². The predicted molar refractivity (Wildman–Crippen MR) is 73.9 cm³/mol. The van der Waals surface area contributed by atoms with Crippen LogP contribution in [0.2, 0.25) is 0 Å². The standard InChI is InChI=1S/C16H20N2/c1-2-12-7-14-10(8-17-12)6-11-9-18-15-5-3-4-13(14)16(11)15/h5,7,10,17-18H,2-4,6,8-9H2,1H3. The third-order valence-electron chi connectivity index (χ3n) is 4.73. The third kappa shape index (κ3) is 1.35. The molecule has 2 heteroatoms. The van der Waals surface area contributed by atoms with Gasteiger partial charge in [0.25, 0.3) is 0 Å². The Hall–Kier alpha value is -1.44. The highest BCUT2D eigenvalue weighted by atomic mass is 14.9. The van der Waals surface area contributed by atoms with Gasteiger partial charge in [-0.3, -0.25) is 0 Å². The molecule has 0 amide bonds. The Bertz CT molecular complexity index is 531. The number of hydrogen-bond acceptors (Lipinski definition) is 2. The van der Waals surface area contributed by atoms with Crippen molar-refractivity contribution in [3.05, 3.63) is 45.8 Å². The summed E-state index contributed by atoms with van der Waals surface area (Å²) in [5.74, 6) is 0.716. The maximum absolute atomic E-state index is 3.59. The SMILES string of the molecule is CCC1=CC2=C3CCC=C4NCC(=C43)CC2CN1. The molecule has 1 unspecified atom stereocenters. The lowest BCUT2D eigenvalue weighted by atomic mass is 9.74. The van der Waals surface area contributed by atoms with E-state index in [0.29, 0.717) is 5.92 Å². The topological polar surface area (TPSA) is 24.1 Å². The van der Waals surface area contributed by atoms with E-state index >= 15 is 0 Å². The van der Waals surface area contributed by atoms with Gasteiger partial charge in [0.2, 0.25) is 0 Å². The first kappa shape index (κ1) is 10.5. The molecule has 2 N–H and O–H groups in total. The normalized spacial score (nSPS) is 29.1. The van der Waals surface area contributed by atoms with Gasteiger partial charge in [0.15, 0.2) is 0 Å². The Morgan fingerprint density at radius 2 is 2.28 bits per heavy atom. The summed E-state index contributed by atoms with van der Waals surface area (Å²) >= 11 is 0. The van der Waals surface area contributed by atoms with E-state index in [9.17, 15) is 0 Å². The Balaban J connectivity index is 1.88. The first-order valence-corrected chi connectivity index (χ1v) is 7.21. The first-order valence-electron chi connectivity index (χ1n) is 7.21. The van der Waals surface area contributed by atoms with E-state index in [2.05, 4.69) is 29.7 Å². The van der Waals surface area contributed by atoms with E-state index in [1.54, 1.807) is 22.3 Å². The van der Waals surface area contributed by atoms with Gasteiger partial charge < -0.3 is 10.6 Å². The van der Waals surface area contributed by atoms with E-state index in [4.69, 9.17) is 0 Å². The van der Waals surface area contributed by atoms with Crippen LogP contribution < -0.4 is 10.6 Å². The lowest BCUT2D eigenvalue weighted by molar-refractivity contribution is 0.530. The van der Waals surface area contributed by atoms with Gasteiger partial charge in [-0.25, -0.2) is 0 Å². The second-order valence-corrected chi connectivity index (χ2v) is 5.73. The van der Waals surface area contributed by atoms with Crippen molar-refractivity contribution in [3.8, 4) is 0 Å². The van der Waals surface area contributed by atoms with Crippen molar-refractivity contribution < 1.29 is 0 Å². The van der Waals surface area contributed by atoms with Crippen LogP contribution in [0.3, 0.4) is 0 Å². The molecule has 2 nitrogen and oxygen atoms in total. The quantitative estimate of drug-likeness (QED) is 0.736. The average molecular weight is 240 g/mol. The van der Waals surface area contributed by atoms with Crippen molar-refractivity contribution in [2.75, 3.05) is 13.1 Å². The fraction of sp³-hybridized carbons (Fsp3) is 0.500. The molecule has 2 aliphatic carbocycles. The lowest BCUT2D eigenvalue weighted by Crippen LogP contribution is -2.31. The molecule has 0 aromatic rings. The fourth-order valence-corrected chi connectivity index (χ4v) is 3.83. The van der Waals surface area contributed by atoms with Crippen LogP contribution in [0.25, 0.3) is 0 Å². The van der Waals surface area contributed by atoms with Gasteiger partial charge in [-0.2, -0.15) is 0 Å². The van der Waals surface area contributed by atoms with Crippen LogP contribution in [0.1, 0.15) is 32.6 Å². The van der Waals surface area contributed by atoms with E-state index in [1.165, 1.54) is 30.7 Å². The molecule has 1 atom stereocenters. The molecule has 0 aromatic carbocycles. The van der Waals surface area contributed by atoms with Crippen LogP contribution in [-0.2, 0) is 0 Å². The van der Waals surface area contributed by atoms with Gasteiger partial charge in [0, 0.05) is 36.0 Å². The summed E-state index contributed by atoms with van der Waals surface area (Å²) in [4.78, 5) is 0. The lowest BCUT2D eigenvalue weighted by Gasteiger charge is -2.34. The molecule has 18 heavy (non-hydrogen) atoms. The summed E-state index contributed by atoms with van der Waals surface area (Å²) in [5.41, 5.74) is 9.36. The monoisotopic (exact) mass is 240 g/mol. The van der Waals surface area contributed by atoms with Crippen LogP contribution in [0.4, 0.5) is 0 Å². The summed E-state index contributed by atoms with van der Waals surface area (Å²) < 4.78 is 0. The Kier molecular flexibility index (Phi) is 2.20. The fourth-order valence-electron chi connectivity index (χ4n) is 3.83. The molecule has 4 aliphatic rings. The highest BCUT2D eigenvalue weighted by molar-refractivity contribution is 5.61. The van der Waals surface area contributed by atoms with Crippen molar-refractivity contribution in [1.29, 1.82) is 0 Å². The van der Waals surface area contributed by atoms with Crippen molar-refractivity contribution in [1.82, 2.24) is 10.6 Å².